The summed E-state index contributed by atoms with van der Waals surface area (Å²) in [7, 11) is 0. The first kappa shape index (κ1) is 31.6. The van der Waals surface area contributed by atoms with Gasteiger partial charge < -0.3 is 29.7 Å². The summed E-state index contributed by atoms with van der Waals surface area (Å²) in [4.78, 5) is 31.7. The fourth-order valence-corrected chi connectivity index (χ4v) is 7.42. The second-order valence-corrected chi connectivity index (χ2v) is 14.1. The third-order valence-electron chi connectivity index (χ3n) is 8.46. The molecule has 0 aromatic carbocycles. The van der Waals surface area contributed by atoms with E-state index in [-0.39, 0.29) is 24.2 Å². The molecule has 1 amide bonds. The van der Waals surface area contributed by atoms with E-state index in [0.29, 0.717) is 59.4 Å². The van der Waals surface area contributed by atoms with Crippen molar-refractivity contribution in [3.63, 3.8) is 0 Å². The first-order valence-corrected chi connectivity index (χ1v) is 16.0. The molecule has 43 heavy (non-hydrogen) atoms. The lowest BCUT2D eigenvalue weighted by Crippen LogP contribution is -2.55. The number of carbonyl (C=O) groups excluding carboxylic acids is 1. The number of amides is 1. The van der Waals surface area contributed by atoms with Gasteiger partial charge in [0.15, 0.2) is 5.82 Å². The minimum Gasteiger partial charge on any atom is -0.444 e. The summed E-state index contributed by atoms with van der Waals surface area (Å²) in [6, 6.07) is 3.96. The van der Waals surface area contributed by atoms with Crippen molar-refractivity contribution in [2.45, 2.75) is 87.7 Å². The Bertz CT molecular complexity index is 1360. The van der Waals surface area contributed by atoms with Gasteiger partial charge in [-0.3, -0.25) is 0 Å². The summed E-state index contributed by atoms with van der Waals surface area (Å²) in [5.74, 6) is 1.70. The Morgan fingerprint density at radius 1 is 1.28 bits per heavy atom. The highest BCUT2D eigenvalue weighted by atomic mass is 35.5. The zero-order chi connectivity index (χ0) is 30.8. The van der Waals surface area contributed by atoms with Crippen LogP contribution < -0.4 is 15.1 Å². The molecule has 0 saturated carbocycles. The quantitative estimate of drug-likeness (QED) is 0.437. The number of aliphatic hydroxyl groups excluding tert-OH is 1. The van der Waals surface area contributed by atoms with Crippen LogP contribution >= 0.6 is 23.4 Å². The van der Waals surface area contributed by atoms with Crippen molar-refractivity contribution in [2.75, 3.05) is 42.6 Å². The second kappa shape index (κ2) is 13.0. The fraction of sp³-hybridized carbons (Fsp3) is 0.633. The zero-order valence-corrected chi connectivity index (χ0v) is 26.7. The van der Waals surface area contributed by atoms with Gasteiger partial charge in [-0.25, -0.2) is 19.7 Å². The van der Waals surface area contributed by atoms with Crippen LogP contribution in [0.1, 0.15) is 59.1 Å². The number of pyridine rings is 1. The highest BCUT2D eigenvalue weighted by Gasteiger charge is 2.50. The molecule has 0 radical (unpaired) electrons. The summed E-state index contributed by atoms with van der Waals surface area (Å²) in [5, 5.41) is 23.5. The number of carbonyl (C=O) groups is 1. The number of hydrogen-bond donors (Lipinski definition) is 2. The summed E-state index contributed by atoms with van der Waals surface area (Å²) >= 11 is 8.18. The number of anilines is 2. The van der Waals surface area contributed by atoms with Crippen LogP contribution in [0, 0.1) is 22.7 Å². The summed E-state index contributed by atoms with van der Waals surface area (Å²) in [5.41, 5.74) is -0.270. The van der Waals surface area contributed by atoms with Crippen LogP contribution in [0.15, 0.2) is 28.4 Å². The average Bonchev–Trinajstić information content (AvgIpc) is 3.54. The molecule has 1 unspecified atom stereocenters. The fourth-order valence-electron chi connectivity index (χ4n) is 6.28. The lowest BCUT2D eigenvalue weighted by Gasteiger charge is -2.43. The molecule has 5 heterocycles. The van der Waals surface area contributed by atoms with Crippen molar-refractivity contribution < 1.29 is 19.4 Å². The molecule has 5 rings (SSSR count). The number of ether oxygens (including phenoxy) is 2. The van der Waals surface area contributed by atoms with Crippen molar-refractivity contribution in [1.29, 1.82) is 5.26 Å². The van der Waals surface area contributed by atoms with E-state index in [2.05, 4.69) is 26.2 Å². The van der Waals surface area contributed by atoms with Crippen LogP contribution in [0.5, 0.6) is 0 Å². The van der Waals surface area contributed by atoms with E-state index >= 15 is 0 Å². The minimum atomic E-state index is -0.575. The Kier molecular flexibility index (Phi) is 9.56. The number of nitrogens with one attached hydrogen (secondary N) is 1. The number of nitriles is 1. The van der Waals surface area contributed by atoms with Gasteiger partial charge in [0.05, 0.1) is 42.6 Å². The topological polar surface area (TPSA) is 137 Å². The lowest BCUT2D eigenvalue weighted by atomic mass is 9.73. The van der Waals surface area contributed by atoms with Crippen molar-refractivity contribution in [3.8, 4) is 6.07 Å². The van der Waals surface area contributed by atoms with Crippen LogP contribution in [0.3, 0.4) is 0 Å². The van der Waals surface area contributed by atoms with Crippen LogP contribution in [-0.4, -0.2) is 76.7 Å². The lowest BCUT2D eigenvalue weighted by molar-refractivity contribution is 0.0434. The maximum atomic E-state index is 12.6. The molecular weight excluding hydrogens is 590 g/mol. The van der Waals surface area contributed by atoms with E-state index in [1.165, 1.54) is 11.8 Å². The minimum absolute atomic E-state index is 0.117. The molecule has 3 fully saturated rings. The Labute approximate surface area is 262 Å². The third-order valence-corrected chi connectivity index (χ3v) is 9.91. The molecule has 3 atom stereocenters. The SMILES string of the molecule is C[C@@H]1OCC2(CCN(c3ncc(Sc4ccnc(N5CCC(CC#N)C5)c4Cl)nc3CO)CC2)[C@@H]1NC(=O)OC(C)(C)C. The van der Waals surface area contributed by atoms with Gasteiger partial charge in [-0.1, -0.05) is 23.4 Å². The molecule has 3 aliphatic heterocycles. The van der Waals surface area contributed by atoms with E-state index in [9.17, 15) is 9.90 Å². The summed E-state index contributed by atoms with van der Waals surface area (Å²) in [6.07, 6.45) is 5.97. The van der Waals surface area contributed by atoms with Gasteiger partial charge in [0.1, 0.15) is 22.1 Å². The zero-order valence-electron chi connectivity index (χ0n) is 25.2. The van der Waals surface area contributed by atoms with E-state index in [4.69, 9.17) is 36.3 Å². The molecule has 3 aliphatic rings. The molecule has 13 heteroatoms. The van der Waals surface area contributed by atoms with E-state index in [1.54, 1.807) is 12.4 Å². The number of rotatable bonds is 7. The van der Waals surface area contributed by atoms with Crippen molar-refractivity contribution in [3.05, 3.63) is 29.2 Å². The number of piperidine rings is 1. The third kappa shape index (κ3) is 7.11. The van der Waals surface area contributed by atoms with Gasteiger partial charge in [-0.2, -0.15) is 5.26 Å². The van der Waals surface area contributed by atoms with E-state index < -0.39 is 11.7 Å². The van der Waals surface area contributed by atoms with Crippen LogP contribution in [0.4, 0.5) is 16.4 Å². The van der Waals surface area contributed by atoms with Crippen LogP contribution in [-0.2, 0) is 16.1 Å². The molecule has 11 nitrogen and oxygen atoms in total. The first-order chi connectivity index (χ1) is 20.5. The van der Waals surface area contributed by atoms with Crippen LogP contribution in [0.25, 0.3) is 0 Å². The molecule has 3 saturated heterocycles. The van der Waals surface area contributed by atoms with E-state index in [0.717, 1.165) is 37.2 Å². The van der Waals surface area contributed by atoms with E-state index in [1.807, 2.05) is 33.8 Å². The predicted molar refractivity (Wildman–Crippen MR) is 164 cm³/mol. The Hall–Kier alpha value is -2.85. The van der Waals surface area contributed by atoms with Crippen molar-refractivity contribution in [2.24, 2.45) is 11.3 Å². The molecule has 1 spiro atoms. The highest BCUT2D eigenvalue weighted by Crippen LogP contribution is 2.44. The predicted octanol–water partition coefficient (Wildman–Crippen LogP) is 4.81. The molecule has 0 aliphatic carbocycles. The highest BCUT2D eigenvalue weighted by molar-refractivity contribution is 7.99. The monoisotopic (exact) mass is 629 g/mol. The Balaban J connectivity index is 1.25. The maximum absolute atomic E-state index is 12.6. The average molecular weight is 630 g/mol. The number of aromatic nitrogens is 3. The molecule has 232 valence electrons. The molecule has 2 aromatic rings. The molecule has 0 bridgehead atoms. The number of aliphatic hydroxyl groups is 1. The first-order valence-electron chi connectivity index (χ1n) is 14.8. The number of nitrogens with zero attached hydrogens (tertiary/aromatic N) is 6. The van der Waals surface area contributed by atoms with Crippen LogP contribution in [0.2, 0.25) is 5.02 Å². The maximum Gasteiger partial charge on any atom is 0.407 e. The molecule has 2 aromatic heterocycles. The summed E-state index contributed by atoms with van der Waals surface area (Å²) < 4.78 is 11.5. The standard InChI is InChI=1S/C30H40ClN7O4S/c1-19-25(36-28(40)42-29(2,3)4)30(18-41-19)8-13-37(14-9-30)26-21(17-39)35-23(15-34-26)43-22-6-11-33-27(24(22)31)38-12-7-20(16-38)5-10-32/h6,11,15,19-20,25,39H,5,7-9,12-14,16-18H2,1-4H3,(H,36,40)/t19-,20?,25+/m0/s1. The largest absolute Gasteiger partial charge is 0.444 e. The Morgan fingerprint density at radius 3 is 2.74 bits per heavy atom. The van der Waals surface area contributed by atoms with Gasteiger partial charge >= 0.3 is 6.09 Å². The summed E-state index contributed by atoms with van der Waals surface area (Å²) in [6.45, 7) is 10.8. The Morgan fingerprint density at radius 2 is 2.05 bits per heavy atom. The number of hydrogen-bond acceptors (Lipinski definition) is 11. The smallest absolute Gasteiger partial charge is 0.407 e. The second-order valence-electron chi connectivity index (χ2n) is 12.6. The number of halogens is 1. The van der Waals surface area contributed by atoms with Crippen molar-refractivity contribution >= 4 is 41.1 Å². The van der Waals surface area contributed by atoms with Gasteiger partial charge in [-0.05, 0) is 58.9 Å². The molecule has 2 N–H and O–H groups in total. The number of alkyl carbamates (subject to hydrolysis) is 1. The molecular formula is C30H40ClN7O4S. The van der Waals surface area contributed by atoms with Gasteiger partial charge in [0.2, 0.25) is 0 Å². The normalized spacial score (nSPS) is 23.4. The van der Waals surface area contributed by atoms with Gasteiger partial charge in [-0.15, -0.1) is 0 Å². The van der Waals surface area contributed by atoms with Crippen molar-refractivity contribution in [1.82, 2.24) is 20.3 Å². The van der Waals surface area contributed by atoms with Gasteiger partial charge in [0.25, 0.3) is 0 Å². The van der Waals surface area contributed by atoms with Gasteiger partial charge in [0, 0.05) is 49.1 Å².